The average Bonchev–Trinajstić information content (AvgIpc) is 3.22. The molecule has 0 nitrogen and oxygen atoms in total. The second-order valence-corrected chi connectivity index (χ2v) is 7.23. The fourth-order valence-electron chi connectivity index (χ4n) is 2.57. The summed E-state index contributed by atoms with van der Waals surface area (Å²) in [4.78, 5) is 5.63. The number of thiophene rings is 2. The Morgan fingerprint density at radius 1 is 0.550 bits per heavy atom. The molecule has 0 saturated carbocycles. The quantitative estimate of drug-likeness (QED) is 0.661. The molecule has 2 aliphatic carbocycles. The first kappa shape index (κ1) is 12.1. The van der Waals surface area contributed by atoms with Crippen LogP contribution in [0.5, 0.6) is 0 Å². The molecule has 0 amide bonds. The van der Waals surface area contributed by atoms with E-state index >= 15 is 0 Å². The molecule has 2 aromatic heterocycles. The van der Waals surface area contributed by atoms with Crippen molar-refractivity contribution in [2.45, 2.75) is 11.8 Å². The Balaban J connectivity index is 1.61. The van der Waals surface area contributed by atoms with E-state index in [1.807, 2.05) is 22.7 Å². The number of hydrogen-bond acceptors (Lipinski definition) is 2. The molecule has 0 aromatic carbocycles. The van der Waals surface area contributed by atoms with Crippen molar-refractivity contribution >= 4 is 22.7 Å². The van der Waals surface area contributed by atoms with Crippen molar-refractivity contribution in [3.05, 3.63) is 82.6 Å². The van der Waals surface area contributed by atoms with Crippen molar-refractivity contribution in [3.8, 4) is 9.75 Å². The Morgan fingerprint density at radius 3 is 1.35 bits per heavy atom. The maximum atomic E-state index is 2.26. The third kappa shape index (κ3) is 2.15. The van der Waals surface area contributed by atoms with Crippen LogP contribution < -0.4 is 0 Å². The van der Waals surface area contributed by atoms with Gasteiger partial charge in [0.15, 0.2) is 0 Å². The van der Waals surface area contributed by atoms with Crippen LogP contribution >= 0.6 is 22.7 Å². The zero-order chi connectivity index (χ0) is 13.4. The lowest BCUT2D eigenvalue weighted by molar-refractivity contribution is 1.15. The van der Waals surface area contributed by atoms with Gasteiger partial charge in [-0.05, 0) is 24.3 Å². The summed E-state index contributed by atoms with van der Waals surface area (Å²) in [7, 11) is 0. The minimum Gasteiger partial charge on any atom is -0.139 e. The largest absolute Gasteiger partial charge is 0.139 e. The van der Waals surface area contributed by atoms with Crippen LogP contribution in [0.15, 0.2) is 72.9 Å². The van der Waals surface area contributed by atoms with Crippen LogP contribution in [0.4, 0.5) is 0 Å². The number of rotatable bonds is 3. The highest BCUT2D eigenvalue weighted by Gasteiger charge is 2.14. The van der Waals surface area contributed by atoms with Gasteiger partial charge in [0.05, 0.1) is 0 Å². The van der Waals surface area contributed by atoms with Crippen LogP contribution in [0.1, 0.15) is 21.6 Å². The van der Waals surface area contributed by atoms with Crippen molar-refractivity contribution in [3.63, 3.8) is 0 Å². The molecular formula is C18H14S2. The van der Waals surface area contributed by atoms with Gasteiger partial charge in [0.1, 0.15) is 0 Å². The zero-order valence-corrected chi connectivity index (χ0v) is 12.5. The van der Waals surface area contributed by atoms with Crippen molar-refractivity contribution < 1.29 is 0 Å². The molecule has 2 heteroatoms. The van der Waals surface area contributed by atoms with E-state index in [1.54, 1.807) is 0 Å². The van der Waals surface area contributed by atoms with Gasteiger partial charge < -0.3 is 0 Å². The number of allylic oxidation sites excluding steroid dienone is 8. The molecule has 2 aromatic rings. The summed E-state index contributed by atoms with van der Waals surface area (Å²) in [6.45, 7) is 0. The van der Waals surface area contributed by atoms with E-state index in [1.165, 1.54) is 19.5 Å². The van der Waals surface area contributed by atoms with Crippen molar-refractivity contribution in [2.75, 3.05) is 0 Å². The Morgan fingerprint density at radius 2 is 0.950 bits per heavy atom. The van der Waals surface area contributed by atoms with Gasteiger partial charge in [-0.25, -0.2) is 0 Å². The molecule has 0 saturated heterocycles. The van der Waals surface area contributed by atoms with Crippen LogP contribution in [-0.4, -0.2) is 0 Å². The molecule has 0 bridgehead atoms. The van der Waals surface area contributed by atoms with Crippen LogP contribution in [0, 0.1) is 0 Å². The minimum absolute atomic E-state index is 0.480. The van der Waals surface area contributed by atoms with Gasteiger partial charge in [0.25, 0.3) is 0 Å². The summed E-state index contributed by atoms with van der Waals surface area (Å²) < 4.78 is 0. The van der Waals surface area contributed by atoms with Gasteiger partial charge in [-0.15, -0.1) is 22.7 Å². The summed E-state index contributed by atoms with van der Waals surface area (Å²) in [5.41, 5.74) is 0. The molecule has 0 unspecified atom stereocenters. The first-order valence-corrected chi connectivity index (χ1v) is 8.43. The summed E-state index contributed by atoms with van der Waals surface area (Å²) in [5.74, 6) is 0.961. The maximum Gasteiger partial charge on any atom is 0.0445 e. The van der Waals surface area contributed by atoms with Crippen LogP contribution in [0.2, 0.25) is 0 Å². The minimum atomic E-state index is 0.480. The summed E-state index contributed by atoms with van der Waals surface area (Å²) >= 11 is 3.82. The molecule has 98 valence electrons. The average molecular weight is 294 g/mol. The summed E-state index contributed by atoms with van der Waals surface area (Å²) in [6, 6.07) is 9.05. The predicted molar refractivity (Wildman–Crippen MR) is 89.7 cm³/mol. The lowest BCUT2D eigenvalue weighted by Crippen LogP contribution is -1.81. The Bertz CT molecular complexity index is 649. The molecule has 0 aliphatic heterocycles. The highest BCUT2D eigenvalue weighted by molar-refractivity contribution is 7.22. The number of hydrogen-bond donors (Lipinski definition) is 0. The Hall–Kier alpha value is -1.64. The van der Waals surface area contributed by atoms with Crippen molar-refractivity contribution in [2.24, 2.45) is 0 Å². The maximum absolute atomic E-state index is 2.26. The molecule has 20 heavy (non-hydrogen) atoms. The van der Waals surface area contributed by atoms with E-state index in [0.717, 1.165) is 0 Å². The standard InChI is InChI=1S/C18H14S2/c1-2-6-13(5-1)15-9-11-17(19-15)18-12-10-16(20-18)14-7-3-4-8-14/h1-14H. The normalized spacial score (nSPS) is 17.8. The monoisotopic (exact) mass is 294 g/mol. The van der Waals surface area contributed by atoms with Gasteiger partial charge in [0.2, 0.25) is 0 Å². The smallest absolute Gasteiger partial charge is 0.0445 e. The Labute approximate surface area is 127 Å². The SMILES string of the molecule is C1=CC(c2ccc(-c3ccc(C4C=CC=C4)s3)s2)C=C1. The first-order valence-electron chi connectivity index (χ1n) is 6.80. The fraction of sp³-hybridized carbons (Fsp3) is 0.111. The van der Waals surface area contributed by atoms with E-state index in [4.69, 9.17) is 0 Å². The molecule has 0 radical (unpaired) electrons. The molecule has 0 N–H and O–H groups in total. The summed E-state index contributed by atoms with van der Waals surface area (Å²) in [5, 5.41) is 0. The first-order chi connectivity index (χ1) is 9.90. The van der Waals surface area contributed by atoms with Gasteiger partial charge in [-0.2, -0.15) is 0 Å². The third-order valence-electron chi connectivity index (χ3n) is 3.65. The third-order valence-corrected chi connectivity index (χ3v) is 6.22. The lowest BCUT2D eigenvalue weighted by atomic mass is 10.1. The van der Waals surface area contributed by atoms with Crippen LogP contribution in [-0.2, 0) is 0 Å². The zero-order valence-electron chi connectivity index (χ0n) is 10.9. The molecular weight excluding hydrogens is 280 g/mol. The fourth-order valence-corrected chi connectivity index (χ4v) is 4.80. The highest BCUT2D eigenvalue weighted by Crippen LogP contribution is 2.40. The second kappa shape index (κ2) is 5.04. The molecule has 4 rings (SSSR count). The van der Waals surface area contributed by atoms with E-state index in [9.17, 15) is 0 Å². The van der Waals surface area contributed by atoms with E-state index in [2.05, 4.69) is 72.9 Å². The Kier molecular flexibility index (Phi) is 3.06. The molecule has 2 heterocycles. The molecule has 2 aliphatic rings. The van der Waals surface area contributed by atoms with Gasteiger partial charge in [0, 0.05) is 31.3 Å². The van der Waals surface area contributed by atoms with Crippen molar-refractivity contribution in [1.29, 1.82) is 0 Å². The van der Waals surface area contributed by atoms with E-state index < -0.39 is 0 Å². The molecule has 0 spiro atoms. The van der Waals surface area contributed by atoms with Gasteiger partial charge in [-0.3, -0.25) is 0 Å². The highest BCUT2D eigenvalue weighted by atomic mass is 32.1. The molecule has 0 fully saturated rings. The van der Waals surface area contributed by atoms with Crippen LogP contribution in [0.25, 0.3) is 9.75 Å². The van der Waals surface area contributed by atoms with E-state index in [0.29, 0.717) is 11.8 Å². The molecule has 0 atom stereocenters. The predicted octanol–water partition coefficient (Wildman–Crippen LogP) is 5.90. The van der Waals surface area contributed by atoms with Crippen LogP contribution in [0.3, 0.4) is 0 Å². The van der Waals surface area contributed by atoms with Gasteiger partial charge >= 0.3 is 0 Å². The van der Waals surface area contributed by atoms with E-state index in [-0.39, 0.29) is 0 Å². The summed E-state index contributed by atoms with van der Waals surface area (Å²) in [6.07, 6.45) is 17.5. The lowest BCUT2D eigenvalue weighted by Gasteiger charge is -2.00. The topological polar surface area (TPSA) is 0 Å². The van der Waals surface area contributed by atoms with Crippen molar-refractivity contribution in [1.82, 2.24) is 0 Å². The second-order valence-electron chi connectivity index (χ2n) is 5.00. The van der Waals surface area contributed by atoms with Gasteiger partial charge in [-0.1, -0.05) is 48.6 Å².